The molecule has 3 heteroatoms. The summed E-state index contributed by atoms with van der Waals surface area (Å²) in [7, 11) is 1.69. The summed E-state index contributed by atoms with van der Waals surface area (Å²) in [4.78, 5) is 2.52. The molecule has 1 saturated heterocycles. The molecule has 0 bridgehead atoms. The third kappa shape index (κ3) is 4.05. The molecule has 2 atom stereocenters. The average molecular weight is 422 g/mol. The number of rotatable bonds is 6. The Kier molecular flexibility index (Phi) is 6.02. The van der Waals surface area contributed by atoms with Crippen molar-refractivity contribution in [1.82, 2.24) is 4.90 Å². The number of methoxy groups -OCH3 is 1. The third-order valence-corrected chi connectivity index (χ3v) is 6.16. The highest BCUT2D eigenvalue weighted by atomic mass is 16.5. The van der Waals surface area contributed by atoms with E-state index in [0.717, 1.165) is 11.3 Å². The van der Waals surface area contributed by atoms with Gasteiger partial charge >= 0.3 is 0 Å². The fourth-order valence-corrected chi connectivity index (χ4v) is 4.62. The van der Waals surface area contributed by atoms with Crippen molar-refractivity contribution in [1.29, 1.82) is 0 Å². The molecular formula is C29H27NO2. The lowest BCUT2D eigenvalue weighted by Crippen LogP contribution is -2.32. The molecule has 32 heavy (non-hydrogen) atoms. The maximum Gasteiger partial charge on any atom is 0.138 e. The molecule has 1 aliphatic rings. The van der Waals surface area contributed by atoms with Crippen LogP contribution in [0, 0.1) is 0 Å². The van der Waals surface area contributed by atoms with Gasteiger partial charge in [0, 0.05) is 0 Å². The smallest absolute Gasteiger partial charge is 0.138 e. The molecule has 0 N–H and O–H groups in total. The lowest BCUT2D eigenvalue weighted by atomic mass is 9.93. The molecular weight excluding hydrogens is 394 g/mol. The molecule has 4 aromatic carbocycles. The van der Waals surface area contributed by atoms with Crippen LogP contribution in [-0.4, -0.2) is 18.6 Å². The van der Waals surface area contributed by atoms with E-state index in [1.54, 1.807) is 7.11 Å². The van der Waals surface area contributed by atoms with Gasteiger partial charge in [-0.2, -0.15) is 0 Å². The van der Waals surface area contributed by atoms with Crippen LogP contribution in [-0.2, 0) is 4.74 Å². The first-order valence-electron chi connectivity index (χ1n) is 11.0. The topological polar surface area (TPSA) is 21.7 Å². The van der Waals surface area contributed by atoms with Gasteiger partial charge in [-0.25, -0.2) is 0 Å². The van der Waals surface area contributed by atoms with Crippen molar-refractivity contribution >= 4 is 0 Å². The highest BCUT2D eigenvalue weighted by Crippen LogP contribution is 2.47. The van der Waals surface area contributed by atoms with E-state index < -0.39 is 0 Å². The van der Waals surface area contributed by atoms with Gasteiger partial charge in [-0.05, 0) is 34.4 Å². The predicted molar refractivity (Wildman–Crippen MR) is 127 cm³/mol. The molecule has 1 aliphatic heterocycles. The molecule has 1 heterocycles. The molecule has 160 valence electrons. The van der Waals surface area contributed by atoms with Crippen molar-refractivity contribution in [3.8, 4) is 5.75 Å². The zero-order valence-corrected chi connectivity index (χ0v) is 18.2. The zero-order chi connectivity index (χ0) is 21.8. The minimum absolute atomic E-state index is 0.0530. The highest BCUT2D eigenvalue weighted by molar-refractivity contribution is 5.36. The first-order valence-corrected chi connectivity index (χ1v) is 11.0. The van der Waals surface area contributed by atoms with Gasteiger partial charge in [-0.1, -0.05) is 103 Å². The number of hydrogen-bond acceptors (Lipinski definition) is 3. The monoisotopic (exact) mass is 421 g/mol. The van der Waals surface area contributed by atoms with Crippen LogP contribution in [0.3, 0.4) is 0 Å². The maximum absolute atomic E-state index is 6.50. The van der Waals surface area contributed by atoms with E-state index in [1.807, 2.05) is 12.1 Å². The summed E-state index contributed by atoms with van der Waals surface area (Å²) in [5.74, 6) is 0.848. The second-order valence-electron chi connectivity index (χ2n) is 8.06. The Morgan fingerprint density at radius 2 is 1.22 bits per heavy atom. The SMILES string of the molecule is COc1ccc([C@@H]2OC[C@@H](c3ccccc3)N2C(c2ccccc2)c2ccccc2)cc1. The Morgan fingerprint density at radius 3 is 1.75 bits per heavy atom. The average Bonchev–Trinajstić information content (AvgIpc) is 3.31. The van der Waals surface area contributed by atoms with Crippen LogP contribution in [0.2, 0.25) is 0 Å². The lowest BCUT2D eigenvalue weighted by Gasteiger charge is -2.37. The fraction of sp³-hybridized carbons (Fsp3) is 0.172. The van der Waals surface area contributed by atoms with Crippen molar-refractivity contribution in [2.45, 2.75) is 18.3 Å². The molecule has 0 aliphatic carbocycles. The second-order valence-corrected chi connectivity index (χ2v) is 8.06. The normalized spacial score (nSPS) is 18.7. The number of hydrogen-bond donors (Lipinski definition) is 0. The Labute approximate surface area is 189 Å². The molecule has 3 nitrogen and oxygen atoms in total. The van der Waals surface area contributed by atoms with E-state index >= 15 is 0 Å². The van der Waals surface area contributed by atoms with Gasteiger partial charge in [0.15, 0.2) is 0 Å². The maximum atomic E-state index is 6.50. The summed E-state index contributed by atoms with van der Waals surface area (Å²) in [5.41, 5.74) is 4.90. The van der Waals surface area contributed by atoms with E-state index in [2.05, 4.69) is 108 Å². The zero-order valence-electron chi connectivity index (χ0n) is 18.2. The number of ether oxygens (including phenoxy) is 2. The minimum atomic E-state index is -0.170. The van der Waals surface area contributed by atoms with Crippen molar-refractivity contribution in [2.75, 3.05) is 13.7 Å². The van der Waals surface area contributed by atoms with E-state index in [0.29, 0.717) is 6.61 Å². The molecule has 5 rings (SSSR count). The molecule has 4 aromatic rings. The standard InChI is InChI=1S/C29H27NO2/c1-31-26-19-17-25(18-20-26)29-30(27(21-32-29)22-11-5-2-6-12-22)28(23-13-7-3-8-14-23)24-15-9-4-10-16-24/h2-20,27-29H,21H2,1H3/t27-,29-/m0/s1. The summed E-state index contributed by atoms with van der Waals surface area (Å²) in [5, 5.41) is 0. The molecule has 0 aromatic heterocycles. The van der Waals surface area contributed by atoms with E-state index in [1.165, 1.54) is 16.7 Å². The van der Waals surface area contributed by atoms with E-state index in [9.17, 15) is 0 Å². The molecule has 0 unspecified atom stereocenters. The third-order valence-electron chi connectivity index (χ3n) is 6.16. The van der Waals surface area contributed by atoms with Crippen LogP contribution in [0.25, 0.3) is 0 Å². The second kappa shape index (κ2) is 9.39. The molecule has 0 spiro atoms. The lowest BCUT2D eigenvalue weighted by molar-refractivity contribution is 0.0125. The van der Waals surface area contributed by atoms with Crippen LogP contribution in [0.5, 0.6) is 5.75 Å². The van der Waals surface area contributed by atoms with Gasteiger partial charge in [0.2, 0.25) is 0 Å². The largest absolute Gasteiger partial charge is 0.497 e. The van der Waals surface area contributed by atoms with Crippen LogP contribution < -0.4 is 4.74 Å². The summed E-state index contributed by atoms with van der Waals surface area (Å²) >= 11 is 0. The first kappa shape index (κ1) is 20.5. The Hall–Kier alpha value is -3.40. The van der Waals surface area contributed by atoms with Crippen molar-refractivity contribution < 1.29 is 9.47 Å². The van der Waals surface area contributed by atoms with Gasteiger partial charge in [-0.15, -0.1) is 0 Å². The van der Waals surface area contributed by atoms with Gasteiger partial charge < -0.3 is 9.47 Å². The fourth-order valence-electron chi connectivity index (χ4n) is 4.62. The summed E-state index contributed by atoms with van der Waals surface area (Å²) in [6, 6.07) is 40.5. The highest BCUT2D eigenvalue weighted by Gasteiger charge is 2.41. The summed E-state index contributed by atoms with van der Waals surface area (Å²) in [6.45, 7) is 0.636. The molecule has 0 radical (unpaired) electrons. The van der Waals surface area contributed by atoms with Crippen LogP contribution in [0.1, 0.15) is 40.6 Å². The summed E-state index contributed by atoms with van der Waals surface area (Å²) in [6.07, 6.45) is -0.170. The Morgan fingerprint density at radius 1 is 0.688 bits per heavy atom. The minimum Gasteiger partial charge on any atom is -0.497 e. The molecule has 1 fully saturated rings. The first-order chi connectivity index (χ1) is 15.8. The number of nitrogens with zero attached hydrogens (tertiary/aromatic N) is 1. The summed E-state index contributed by atoms with van der Waals surface area (Å²) < 4.78 is 11.9. The van der Waals surface area contributed by atoms with Crippen molar-refractivity contribution in [3.63, 3.8) is 0 Å². The van der Waals surface area contributed by atoms with E-state index in [4.69, 9.17) is 9.47 Å². The van der Waals surface area contributed by atoms with E-state index in [-0.39, 0.29) is 18.3 Å². The van der Waals surface area contributed by atoms with Gasteiger partial charge in [0.25, 0.3) is 0 Å². The van der Waals surface area contributed by atoms with Crippen LogP contribution >= 0.6 is 0 Å². The van der Waals surface area contributed by atoms with Crippen molar-refractivity contribution in [3.05, 3.63) is 138 Å². The predicted octanol–water partition coefficient (Wildman–Crippen LogP) is 6.56. The van der Waals surface area contributed by atoms with Crippen LogP contribution in [0.15, 0.2) is 115 Å². The molecule has 0 saturated carbocycles. The molecule has 0 amide bonds. The quantitative estimate of drug-likeness (QED) is 0.352. The Bertz CT molecular complexity index is 1070. The van der Waals surface area contributed by atoms with Gasteiger partial charge in [0.05, 0.1) is 25.8 Å². The van der Waals surface area contributed by atoms with Crippen LogP contribution in [0.4, 0.5) is 0 Å². The Balaban J connectivity index is 1.65. The number of benzene rings is 4. The van der Waals surface area contributed by atoms with Crippen molar-refractivity contribution in [2.24, 2.45) is 0 Å². The van der Waals surface area contributed by atoms with Gasteiger partial charge in [0.1, 0.15) is 12.0 Å². The van der Waals surface area contributed by atoms with Gasteiger partial charge in [-0.3, -0.25) is 4.90 Å².